The van der Waals surface area contributed by atoms with E-state index in [4.69, 9.17) is 0 Å². The molecule has 0 rings (SSSR count). The number of allylic oxidation sites excluding steroid dienone is 4. The molecule has 0 heterocycles. The third-order valence-electron chi connectivity index (χ3n) is 4.02. The van der Waals surface area contributed by atoms with Gasteiger partial charge < -0.3 is 20.4 Å². The van der Waals surface area contributed by atoms with Crippen LogP contribution in [0.2, 0.25) is 0 Å². The highest BCUT2D eigenvalue weighted by atomic mass is 16.3. The second-order valence-corrected chi connectivity index (χ2v) is 6.28. The Labute approximate surface area is 146 Å². The molecule has 5 atom stereocenters. The van der Waals surface area contributed by atoms with Gasteiger partial charge in [-0.25, -0.2) is 0 Å². The van der Waals surface area contributed by atoms with Gasteiger partial charge in [-0.2, -0.15) is 0 Å². The molecule has 0 radical (unpaired) electrons. The van der Waals surface area contributed by atoms with E-state index in [1.165, 1.54) is 0 Å². The summed E-state index contributed by atoms with van der Waals surface area (Å²) in [7, 11) is 0. The maximum absolute atomic E-state index is 10.0. The summed E-state index contributed by atoms with van der Waals surface area (Å²) < 4.78 is 0. The SMILES string of the molecule is CC[C@H](O)[C@H](O)C/C=C/C=C/C=C/C[C@H](O)/C(C)=C\[C@@H](C)[C@@H](C)O. The van der Waals surface area contributed by atoms with Gasteiger partial charge in [0.2, 0.25) is 0 Å². The average molecular weight is 338 g/mol. The van der Waals surface area contributed by atoms with E-state index in [1.807, 2.05) is 63.3 Å². The third kappa shape index (κ3) is 10.6. The van der Waals surface area contributed by atoms with Crippen molar-refractivity contribution in [1.29, 1.82) is 0 Å². The Morgan fingerprint density at radius 1 is 0.833 bits per heavy atom. The van der Waals surface area contributed by atoms with Gasteiger partial charge in [-0.15, -0.1) is 0 Å². The molecule has 0 spiro atoms. The van der Waals surface area contributed by atoms with Crippen LogP contribution in [-0.4, -0.2) is 44.8 Å². The second kappa shape index (κ2) is 13.1. The number of hydrogen-bond donors (Lipinski definition) is 4. The second-order valence-electron chi connectivity index (χ2n) is 6.28. The predicted octanol–water partition coefficient (Wildman–Crippen LogP) is 2.89. The van der Waals surface area contributed by atoms with E-state index in [-0.39, 0.29) is 5.92 Å². The van der Waals surface area contributed by atoms with Gasteiger partial charge in [-0.05, 0) is 38.7 Å². The molecule has 0 aliphatic carbocycles. The minimum absolute atomic E-state index is 0.0234. The Morgan fingerprint density at radius 3 is 1.88 bits per heavy atom. The van der Waals surface area contributed by atoms with E-state index in [1.54, 1.807) is 6.92 Å². The molecule has 0 aliphatic rings. The van der Waals surface area contributed by atoms with E-state index < -0.39 is 24.4 Å². The number of aliphatic hydroxyl groups excluding tert-OH is 4. The summed E-state index contributed by atoms with van der Waals surface area (Å²) in [5.41, 5.74) is 0.861. The lowest BCUT2D eigenvalue weighted by atomic mass is 9.99. The fourth-order valence-corrected chi connectivity index (χ4v) is 1.99. The Morgan fingerprint density at radius 2 is 1.38 bits per heavy atom. The molecule has 0 aromatic heterocycles. The zero-order chi connectivity index (χ0) is 18.5. The van der Waals surface area contributed by atoms with E-state index in [2.05, 4.69) is 0 Å². The summed E-state index contributed by atoms with van der Waals surface area (Å²) >= 11 is 0. The number of aliphatic hydroxyl groups is 4. The molecular formula is C20H34O4. The van der Waals surface area contributed by atoms with Gasteiger partial charge in [0.25, 0.3) is 0 Å². The Balaban J connectivity index is 4.15. The van der Waals surface area contributed by atoms with Crippen molar-refractivity contribution < 1.29 is 20.4 Å². The van der Waals surface area contributed by atoms with Crippen LogP contribution in [0.4, 0.5) is 0 Å². The molecule has 0 aliphatic heterocycles. The highest BCUT2D eigenvalue weighted by Crippen LogP contribution is 2.13. The highest BCUT2D eigenvalue weighted by molar-refractivity contribution is 5.14. The van der Waals surface area contributed by atoms with Crippen molar-refractivity contribution in [2.45, 2.75) is 71.4 Å². The van der Waals surface area contributed by atoms with Crippen molar-refractivity contribution >= 4 is 0 Å². The van der Waals surface area contributed by atoms with Gasteiger partial charge in [-0.1, -0.05) is 56.4 Å². The zero-order valence-electron chi connectivity index (χ0n) is 15.3. The summed E-state index contributed by atoms with van der Waals surface area (Å²) in [4.78, 5) is 0. The molecule has 0 aromatic carbocycles. The molecule has 0 saturated carbocycles. The molecule has 0 fully saturated rings. The van der Waals surface area contributed by atoms with Crippen molar-refractivity contribution in [2.75, 3.05) is 0 Å². The van der Waals surface area contributed by atoms with Crippen LogP contribution < -0.4 is 0 Å². The lowest BCUT2D eigenvalue weighted by Gasteiger charge is -2.14. The molecular weight excluding hydrogens is 304 g/mol. The molecule has 4 heteroatoms. The van der Waals surface area contributed by atoms with E-state index in [0.29, 0.717) is 19.3 Å². The monoisotopic (exact) mass is 338 g/mol. The summed E-state index contributed by atoms with van der Waals surface area (Å²) in [6.45, 7) is 7.36. The van der Waals surface area contributed by atoms with E-state index in [0.717, 1.165) is 5.57 Å². The molecule has 0 unspecified atom stereocenters. The van der Waals surface area contributed by atoms with Crippen LogP contribution in [0.5, 0.6) is 0 Å². The van der Waals surface area contributed by atoms with Crippen molar-refractivity contribution in [3.8, 4) is 0 Å². The number of hydrogen-bond acceptors (Lipinski definition) is 4. The topological polar surface area (TPSA) is 80.9 Å². The van der Waals surface area contributed by atoms with Gasteiger partial charge in [0, 0.05) is 5.92 Å². The Kier molecular flexibility index (Phi) is 12.5. The first kappa shape index (κ1) is 22.8. The van der Waals surface area contributed by atoms with Crippen LogP contribution >= 0.6 is 0 Å². The first-order valence-electron chi connectivity index (χ1n) is 8.68. The van der Waals surface area contributed by atoms with Crippen LogP contribution in [0.1, 0.15) is 47.0 Å². The summed E-state index contributed by atoms with van der Waals surface area (Å²) in [5.74, 6) is 0.0234. The molecule has 0 bridgehead atoms. The van der Waals surface area contributed by atoms with Gasteiger partial charge in [0.15, 0.2) is 0 Å². The van der Waals surface area contributed by atoms with Crippen LogP contribution in [0.15, 0.2) is 48.1 Å². The lowest BCUT2D eigenvalue weighted by Crippen LogP contribution is -2.23. The van der Waals surface area contributed by atoms with Crippen LogP contribution in [-0.2, 0) is 0 Å². The van der Waals surface area contributed by atoms with Crippen molar-refractivity contribution in [3.63, 3.8) is 0 Å². The maximum Gasteiger partial charge on any atom is 0.0833 e. The van der Waals surface area contributed by atoms with Gasteiger partial charge >= 0.3 is 0 Å². The molecule has 0 saturated heterocycles. The van der Waals surface area contributed by atoms with Gasteiger partial charge in [-0.3, -0.25) is 0 Å². The molecule has 4 nitrogen and oxygen atoms in total. The molecule has 0 amide bonds. The summed E-state index contributed by atoms with van der Waals surface area (Å²) in [6.07, 6.45) is 12.1. The molecule has 138 valence electrons. The van der Waals surface area contributed by atoms with Crippen molar-refractivity contribution in [3.05, 3.63) is 48.1 Å². The van der Waals surface area contributed by atoms with Gasteiger partial charge in [0.1, 0.15) is 0 Å². The number of rotatable bonds is 11. The first-order chi connectivity index (χ1) is 11.3. The zero-order valence-corrected chi connectivity index (χ0v) is 15.3. The van der Waals surface area contributed by atoms with Crippen molar-refractivity contribution in [1.82, 2.24) is 0 Å². The van der Waals surface area contributed by atoms with E-state index in [9.17, 15) is 20.4 Å². The average Bonchev–Trinajstić information content (AvgIpc) is 2.55. The fraction of sp³-hybridized carbons (Fsp3) is 0.600. The summed E-state index contributed by atoms with van der Waals surface area (Å²) in [5, 5.41) is 38.5. The quantitative estimate of drug-likeness (QED) is 0.345. The highest BCUT2D eigenvalue weighted by Gasteiger charge is 2.11. The minimum Gasteiger partial charge on any atom is -0.393 e. The van der Waals surface area contributed by atoms with Crippen LogP contribution in [0.3, 0.4) is 0 Å². The standard InChI is InChI=1S/C20H34O4/c1-5-18(22)20(24)13-11-9-7-6-8-10-12-19(23)16(3)14-15(2)17(4)21/h6-11,14-15,17-24H,5,12-13H2,1-4H3/b7-6+,10-8+,11-9+,16-14-/t15-,17-,18+,19+,20-/m1/s1. The molecule has 24 heavy (non-hydrogen) atoms. The third-order valence-corrected chi connectivity index (χ3v) is 4.02. The Hall–Kier alpha value is -1.20. The van der Waals surface area contributed by atoms with Gasteiger partial charge in [0.05, 0.1) is 24.4 Å². The van der Waals surface area contributed by atoms with E-state index >= 15 is 0 Å². The van der Waals surface area contributed by atoms with Crippen LogP contribution in [0.25, 0.3) is 0 Å². The first-order valence-corrected chi connectivity index (χ1v) is 8.68. The maximum atomic E-state index is 10.0. The molecule has 4 N–H and O–H groups in total. The fourth-order valence-electron chi connectivity index (χ4n) is 1.99. The summed E-state index contributed by atoms with van der Waals surface area (Å²) in [6, 6.07) is 0. The smallest absolute Gasteiger partial charge is 0.0833 e. The predicted molar refractivity (Wildman–Crippen MR) is 99.6 cm³/mol. The minimum atomic E-state index is -0.718. The largest absolute Gasteiger partial charge is 0.393 e. The normalized spacial score (nSPS) is 19.9. The Bertz CT molecular complexity index is 435. The van der Waals surface area contributed by atoms with Crippen LogP contribution in [0, 0.1) is 5.92 Å². The van der Waals surface area contributed by atoms with Crippen molar-refractivity contribution in [2.24, 2.45) is 5.92 Å². The lowest BCUT2D eigenvalue weighted by molar-refractivity contribution is 0.0197. The molecule has 0 aromatic rings.